The first-order chi connectivity index (χ1) is 7.92. The molecule has 0 fully saturated rings. The van der Waals surface area contributed by atoms with E-state index in [0.717, 1.165) is 17.7 Å². The number of aromatic nitrogens is 2. The molecule has 96 valence electrons. The zero-order valence-corrected chi connectivity index (χ0v) is 11.7. The molecule has 0 amide bonds. The molecule has 0 aromatic carbocycles. The molecule has 17 heavy (non-hydrogen) atoms. The minimum atomic E-state index is -0.550. The van der Waals surface area contributed by atoms with E-state index in [0.29, 0.717) is 5.82 Å². The van der Waals surface area contributed by atoms with Crippen molar-refractivity contribution in [2.75, 3.05) is 12.4 Å². The van der Waals surface area contributed by atoms with Crippen LogP contribution in [0, 0.1) is 6.92 Å². The average molecular weight is 237 g/mol. The topological polar surface area (TPSA) is 54.9 Å². The van der Waals surface area contributed by atoms with Crippen LogP contribution >= 0.6 is 0 Å². The number of rotatable bonds is 3. The van der Waals surface area contributed by atoms with Crippen LogP contribution in [-0.4, -0.2) is 23.3 Å². The Morgan fingerprint density at radius 2 is 1.94 bits per heavy atom. The number of anilines is 1. The van der Waals surface area contributed by atoms with Crippen LogP contribution in [0.25, 0.3) is 0 Å². The molecule has 4 nitrogen and oxygen atoms in total. The molecule has 0 spiro atoms. The van der Waals surface area contributed by atoms with E-state index in [-0.39, 0.29) is 0 Å². The zero-order valence-electron chi connectivity index (χ0n) is 11.7. The van der Waals surface area contributed by atoms with Crippen LogP contribution in [-0.2, 0) is 10.2 Å². The van der Waals surface area contributed by atoms with Crippen molar-refractivity contribution >= 4 is 12.1 Å². The third kappa shape index (κ3) is 4.51. The fraction of sp³-hybridized carbons (Fsp3) is 0.615. The number of nitrogens with zero attached hydrogens (tertiary/aromatic N) is 2. The third-order valence-corrected chi connectivity index (χ3v) is 2.13. The average Bonchev–Trinajstić information content (AvgIpc) is 2.29. The maximum Gasteiger partial charge on any atom is 0.133 e. The zero-order chi connectivity index (χ0) is 13.5. The van der Waals surface area contributed by atoms with E-state index in [1.807, 2.05) is 20.8 Å². The molecule has 0 bridgehead atoms. The summed E-state index contributed by atoms with van der Waals surface area (Å²) >= 11 is 0. The van der Waals surface area contributed by atoms with Crippen LogP contribution in [0.4, 0.5) is 5.82 Å². The Morgan fingerprint density at radius 1 is 1.41 bits per heavy atom. The summed E-state index contributed by atoms with van der Waals surface area (Å²) in [5.41, 5.74) is 0.270. The summed E-state index contributed by atoms with van der Waals surface area (Å²) in [6, 6.07) is 0. The highest BCUT2D eigenvalue weighted by Crippen LogP contribution is 2.25. The first-order valence-electron chi connectivity index (χ1n) is 5.91. The minimum Gasteiger partial charge on any atom is -0.373 e. The number of hydrogen-bond donors (Lipinski definition) is 1. The number of hydrogen-bond acceptors (Lipinski definition) is 4. The molecule has 0 radical (unpaired) electrons. The second-order valence-electron chi connectivity index (χ2n) is 4.48. The molecule has 0 aliphatic rings. The molecule has 0 saturated heterocycles. The Hall–Kier alpha value is -1.45. The summed E-state index contributed by atoms with van der Waals surface area (Å²) in [7, 11) is 1.78. The Bertz CT molecular complexity index is 362. The lowest BCUT2D eigenvalue weighted by Crippen LogP contribution is -2.21. The number of carbonyl (C=O) groups excluding carboxylic acids is 1. The van der Waals surface area contributed by atoms with Gasteiger partial charge in [0.25, 0.3) is 0 Å². The summed E-state index contributed by atoms with van der Waals surface area (Å²) in [5, 5.41) is 2.97. The molecular weight excluding hydrogens is 214 g/mol. The van der Waals surface area contributed by atoms with Crippen LogP contribution in [0.2, 0.25) is 0 Å². The summed E-state index contributed by atoms with van der Waals surface area (Å²) in [4.78, 5) is 19.2. The van der Waals surface area contributed by atoms with Gasteiger partial charge in [0.05, 0.1) is 5.41 Å². The van der Waals surface area contributed by atoms with Crippen molar-refractivity contribution in [3.63, 3.8) is 0 Å². The second kappa shape index (κ2) is 6.99. The molecule has 0 aliphatic carbocycles. The largest absolute Gasteiger partial charge is 0.373 e. The van der Waals surface area contributed by atoms with Gasteiger partial charge in [-0.3, -0.25) is 0 Å². The van der Waals surface area contributed by atoms with Gasteiger partial charge in [0.2, 0.25) is 0 Å². The second-order valence-corrected chi connectivity index (χ2v) is 4.48. The van der Waals surface area contributed by atoms with E-state index in [2.05, 4.69) is 29.1 Å². The SMILES string of the molecule is CCC.CNc1nc(C)ncc1C(C)(C)C=O. The van der Waals surface area contributed by atoms with Crippen molar-refractivity contribution in [2.24, 2.45) is 0 Å². The number of nitrogens with one attached hydrogen (secondary N) is 1. The lowest BCUT2D eigenvalue weighted by molar-refractivity contribution is -0.111. The predicted molar refractivity (Wildman–Crippen MR) is 71.4 cm³/mol. The quantitative estimate of drug-likeness (QED) is 0.821. The first-order valence-corrected chi connectivity index (χ1v) is 5.91. The highest BCUT2D eigenvalue weighted by molar-refractivity contribution is 5.70. The molecule has 4 heteroatoms. The molecule has 1 heterocycles. The first kappa shape index (κ1) is 15.6. The van der Waals surface area contributed by atoms with Crippen molar-refractivity contribution in [2.45, 2.75) is 46.5 Å². The predicted octanol–water partition coefficient (Wildman–Crippen LogP) is 2.72. The monoisotopic (exact) mass is 237 g/mol. The van der Waals surface area contributed by atoms with Gasteiger partial charge in [-0.1, -0.05) is 20.3 Å². The van der Waals surface area contributed by atoms with Gasteiger partial charge in [-0.05, 0) is 20.8 Å². The highest BCUT2D eigenvalue weighted by atomic mass is 16.1. The molecule has 1 aromatic heterocycles. The molecule has 1 aromatic rings. The van der Waals surface area contributed by atoms with Crippen molar-refractivity contribution in [1.82, 2.24) is 9.97 Å². The van der Waals surface area contributed by atoms with Gasteiger partial charge in [0, 0.05) is 18.8 Å². The van der Waals surface area contributed by atoms with Gasteiger partial charge in [-0.2, -0.15) is 0 Å². The molecule has 0 aliphatic heterocycles. The van der Waals surface area contributed by atoms with Crippen molar-refractivity contribution in [3.05, 3.63) is 17.6 Å². The fourth-order valence-electron chi connectivity index (χ4n) is 1.20. The highest BCUT2D eigenvalue weighted by Gasteiger charge is 2.24. The van der Waals surface area contributed by atoms with Crippen LogP contribution in [0.15, 0.2) is 6.20 Å². The summed E-state index contributed by atoms with van der Waals surface area (Å²) in [6.07, 6.45) is 3.85. The standard InChI is InChI=1S/C10H15N3O.C3H8/c1-7-12-5-8(9(11-4)13-7)10(2,3)6-14;1-3-2/h5-6H,1-4H3,(H,11,12,13);3H2,1-2H3. The summed E-state index contributed by atoms with van der Waals surface area (Å²) in [6.45, 7) is 9.75. The van der Waals surface area contributed by atoms with Gasteiger partial charge in [0.15, 0.2) is 0 Å². The van der Waals surface area contributed by atoms with E-state index >= 15 is 0 Å². The summed E-state index contributed by atoms with van der Waals surface area (Å²) < 4.78 is 0. The molecule has 1 N–H and O–H groups in total. The maximum absolute atomic E-state index is 10.9. The number of aldehydes is 1. The van der Waals surface area contributed by atoms with E-state index in [4.69, 9.17) is 0 Å². The van der Waals surface area contributed by atoms with Gasteiger partial charge in [-0.15, -0.1) is 0 Å². The van der Waals surface area contributed by atoms with Crippen LogP contribution in [0.5, 0.6) is 0 Å². The number of aryl methyl sites for hydroxylation is 1. The Labute approximate surface area is 104 Å². The Kier molecular flexibility index (Phi) is 6.39. The molecule has 0 atom stereocenters. The summed E-state index contributed by atoms with van der Waals surface area (Å²) in [5.74, 6) is 1.41. The van der Waals surface area contributed by atoms with Crippen molar-refractivity contribution in [3.8, 4) is 0 Å². The molecule has 1 rings (SSSR count). The molecular formula is C13H23N3O. The van der Waals surface area contributed by atoms with Crippen LogP contribution < -0.4 is 5.32 Å². The van der Waals surface area contributed by atoms with E-state index in [1.54, 1.807) is 13.2 Å². The number of carbonyl (C=O) groups is 1. The third-order valence-electron chi connectivity index (χ3n) is 2.13. The van der Waals surface area contributed by atoms with Gasteiger partial charge in [0.1, 0.15) is 17.9 Å². The fourth-order valence-corrected chi connectivity index (χ4v) is 1.20. The normalized spacial score (nSPS) is 10.2. The van der Waals surface area contributed by atoms with Crippen molar-refractivity contribution in [1.29, 1.82) is 0 Å². The van der Waals surface area contributed by atoms with Crippen LogP contribution in [0.3, 0.4) is 0 Å². The smallest absolute Gasteiger partial charge is 0.133 e. The van der Waals surface area contributed by atoms with E-state index in [9.17, 15) is 4.79 Å². The molecule has 0 unspecified atom stereocenters. The minimum absolute atomic E-state index is 0.550. The molecule has 0 saturated carbocycles. The lowest BCUT2D eigenvalue weighted by Gasteiger charge is -2.19. The van der Waals surface area contributed by atoms with E-state index in [1.165, 1.54) is 6.42 Å². The lowest BCUT2D eigenvalue weighted by atomic mass is 9.87. The van der Waals surface area contributed by atoms with Gasteiger partial charge < -0.3 is 10.1 Å². The van der Waals surface area contributed by atoms with Crippen LogP contribution in [0.1, 0.15) is 45.5 Å². The van der Waals surface area contributed by atoms with Gasteiger partial charge in [-0.25, -0.2) is 9.97 Å². The maximum atomic E-state index is 10.9. The van der Waals surface area contributed by atoms with Crippen molar-refractivity contribution < 1.29 is 4.79 Å². The van der Waals surface area contributed by atoms with Gasteiger partial charge >= 0.3 is 0 Å². The Morgan fingerprint density at radius 3 is 2.35 bits per heavy atom. The Balaban J connectivity index is 0.000000770. The van der Waals surface area contributed by atoms with E-state index < -0.39 is 5.41 Å².